The van der Waals surface area contributed by atoms with Crippen LogP contribution in [-0.4, -0.2) is 50.1 Å². The smallest absolute Gasteiger partial charge is 0.239 e. The highest BCUT2D eigenvalue weighted by molar-refractivity contribution is 8.00. The number of aromatic nitrogens is 1. The van der Waals surface area contributed by atoms with Gasteiger partial charge in [-0.25, -0.2) is 4.98 Å². The second-order valence-corrected chi connectivity index (χ2v) is 9.31. The Bertz CT molecular complexity index is 896. The fourth-order valence-electron chi connectivity index (χ4n) is 2.59. The number of thioether (sulfide) groups is 2. The van der Waals surface area contributed by atoms with Crippen LogP contribution in [0.3, 0.4) is 0 Å². The number of para-hydroxylation sites is 1. The fraction of sp³-hybridized carbons (Fsp3) is 0.300. The van der Waals surface area contributed by atoms with Crippen molar-refractivity contribution in [2.75, 3.05) is 44.1 Å². The normalized spacial score (nSPS) is 11.3. The first-order valence-corrected chi connectivity index (χ1v) is 11.8. The van der Waals surface area contributed by atoms with E-state index in [4.69, 9.17) is 4.98 Å². The molecule has 3 rings (SSSR count). The van der Waals surface area contributed by atoms with Gasteiger partial charge in [0.05, 0.1) is 43.2 Å². The molecule has 27 heavy (non-hydrogen) atoms. The van der Waals surface area contributed by atoms with Gasteiger partial charge in [-0.1, -0.05) is 35.6 Å². The fourth-order valence-corrected chi connectivity index (χ4v) is 5.05. The molecule has 1 aromatic heterocycles. The number of nitrogens with zero attached hydrogens (tertiary/aromatic N) is 2. The third kappa shape index (κ3) is 5.25. The van der Waals surface area contributed by atoms with Crippen LogP contribution in [0.25, 0.3) is 10.2 Å². The maximum Gasteiger partial charge on any atom is 0.239 e. The molecule has 0 bridgehead atoms. The van der Waals surface area contributed by atoms with Gasteiger partial charge in [0.15, 0.2) is 5.13 Å². The van der Waals surface area contributed by atoms with Gasteiger partial charge in [0.1, 0.15) is 0 Å². The number of fused-ring (bicyclic) bond motifs is 1. The predicted molar refractivity (Wildman–Crippen MR) is 119 cm³/mol. The number of likely N-dealkylation sites (N-methyl/N-ethyl adjacent to an activating group) is 1. The average molecular weight is 419 g/mol. The molecule has 0 saturated heterocycles. The van der Waals surface area contributed by atoms with Crippen molar-refractivity contribution in [1.29, 1.82) is 0 Å². The maximum atomic E-state index is 13.0. The molecule has 2 aromatic carbocycles. The van der Waals surface area contributed by atoms with Crippen molar-refractivity contribution in [3.05, 3.63) is 48.5 Å². The number of carbonyl (C=O) groups is 1. The van der Waals surface area contributed by atoms with Gasteiger partial charge in [0, 0.05) is 9.79 Å². The number of thiazole rings is 1. The molecule has 0 spiro atoms. The highest BCUT2D eigenvalue weighted by atomic mass is 32.2. The maximum absolute atomic E-state index is 13.0. The second-order valence-electron chi connectivity index (χ2n) is 6.41. The van der Waals surface area contributed by atoms with Gasteiger partial charge >= 0.3 is 0 Å². The lowest BCUT2D eigenvalue weighted by Crippen LogP contribution is -3.06. The summed E-state index contributed by atoms with van der Waals surface area (Å²) in [6.45, 7) is 1.55. The number of quaternary nitrogens is 1. The third-order valence-electron chi connectivity index (χ3n) is 4.06. The third-order valence-corrected chi connectivity index (χ3v) is 6.87. The largest absolute Gasteiger partial charge is 0.338 e. The quantitative estimate of drug-likeness (QED) is 0.570. The Hall–Kier alpha value is -1.54. The molecule has 0 unspecified atom stereocenters. The van der Waals surface area contributed by atoms with Gasteiger partial charge in [0.2, 0.25) is 5.91 Å². The van der Waals surface area contributed by atoms with Crippen LogP contribution in [0.1, 0.15) is 0 Å². The number of anilines is 1. The summed E-state index contributed by atoms with van der Waals surface area (Å²) in [5.41, 5.74) is 0.996. The number of nitrogens with one attached hydrogen (secondary N) is 1. The van der Waals surface area contributed by atoms with E-state index in [-0.39, 0.29) is 5.91 Å². The zero-order valence-electron chi connectivity index (χ0n) is 15.8. The monoisotopic (exact) mass is 418 g/mol. The van der Waals surface area contributed by atoms with Crippen LogP contribution in [0.2, 0.25) is 0 Å². The zero-order valence-corrected chi connectivity index (χ0v) is 18.2. The van der Waals surface area contributed by atoms with Crippen molar-refractivity contribution in [2.45, 2.75) is 9.79 Å². The van der Waals surface area contributed by atoms with Gasteiger partial charge in [-0.2, -0.15) is 0 Å². The molecule has 1 amide bonds. The van der Waals surface area contributed by atoms with E-state index in [1.165, 1.54) is 4.90 Å². The lowest BCUT2D eigenvalue weighted by Gasteiger charge is -2.20. The van der Waals surface area contributed by atoms with Crippen molar-refractivity contribution in [2.24, 2.45) is 0 Å². The Morgan fingerprint density at radius 2 is 1.93 bits per heavy atom. The van der Waals surface area contributed by atoms with E-state index in [9.17, 15) is 4.79 Å². The van der Waals surface area contributed by atoms with Crippen molar-refractivity contribution in [1.82, 2.24) is 4.98 Å². The first-order valence-electron chi connectivity index (χ1n) is 8.79. The summed E-state index contributed by atoms with van der Waals surface area (Å²) in [4.78, 5) is 23.3. The minimum atomic E-state index is 0.106. The first-order chi connectivity index (χ1) is 13.1. The van der Waals surface area contributed by atoms with Gasteiger partial charge in [0.25, 0.3) is 0 Å². The number of hydrogen-bond acceptors (Lipinski definition) is 5. The number of amides is 1. The molecule has 0 radical (unpaired) electrons. The Labute approximate surface area is 173 Å². The Morgan fingerprint density at radius 1 is 1.15 bits per heavy atom. The Morgan fingerprint density at radius 3 is 2.63 bits per heavy atom. The van der Waals surface area contributed by atoms with E-state index in [0.29, 0.717) is 12.3 Å². The van der Waals surface area contributed by atoms with Crippen LogP contribution < -0.4 is 9.80 Å². The molecule has 0 saturated carbocycles. The first kappa shape index (κ1) is 20.2. The van der Waals surface area contributed by atoms with E-state index in [0.717, 1.165) is 31.7 Å². The van der Waals surface area contributed by atoms with Crippen molar-refractivity contribution < 1.29 is 9.69 Å². The van der Waals surface area contributed by atoms with E-state index < -0.39 is 0 Å². The molecule has 0 aliphatic rings. The number of rotatable bonds is 8. The minimum absolute atomic E-state index is 0.106. The SMILES string of the molecule is CSc1cccc2sc(N(CC[NH+](C)C)C(=O)CSc3ccccc3)nc12. The molecule has 0 aliphatic heterocycles. The summed E-state index contributed by atoms with van der Waals surface area (Å²) in [5, 5.41) is 0.798. The molecule has 1 N–H and O–H groups in total. The summed E-state index contributed by atoms with van der Waals surface area (Å²) in [6.07, 6.45) is 2.06. The van der Waals surface area contributed by atoms with Gasteiger partial charge < -0.3 is 4.90 Å². The molecule has 1 heterocycles. The van der Waals surface area contributed by atoms with E-state index in [2.05, 4.69) is 38.6 Å². The molecule has 4 nitrogen and oxygen atoms in total. The Kier molecular flexibility index (Phi) is 7.18. The molecule has 7 heteroatoms. The summed E-state index contributed by atoms with van der Waals surface area (Å²) < 4.78 is 1.13. The number of carbonyl (C=O) groups excluding carboxylic acids is 1. The summed E-state index contributed by atoms with van der Waals surface area (Å²) in [7, 11) is 4.21. The highest BCUT2D eigenvalue weighted by Crippen LogP contribution is 2.34. The minimum Gasteiger partial charge on any atom is -0.338 e. The molecule has 0 atom stereocenters. The lowest BCUT2D eigenvalue weighted by molar-refractivity contribution is -0.856. The number of benzene rings is 2. The molecule has 0 fully saturated rings. The van der Waals surface area contributed by atoms with Crippen molar-refractivity contribution >= 4 is 56.1 Å². The zero-order chi connectivity index (χ0) is 19.2. The van der Waals surface area contributed by atoms with Crippen LogP contribution in [-0.2, 0) is 4.79 Å². The van der Waals surface area contributed by atoms with Crippen LogP contribution in [0, 0.1) is 0 Å². The van der Waals surface area contributed by atoms with Crippen molar-refractivity contribution in [3.8, 4) is 0 Å². The molecular weight excluding hydrogens is 394 g/mol. The van der Waals surface area contributed by atoms with Gasteiger partial charge in [-0.05, 0) is 30.5 Å². The summed E-state index contributed by atoms with van der Waals surface area (Å²) >= 11 is 4.86. The molecule has 3 aromatic rings. The van der Waals surface area contributed by atoms with Crippen LogP contribution in [0.4, 0.5) is 5.13 Å². The van der Waals surface area contributed by atoms with Gasteiger partial charge in [-0.3, -0.25) is 9.69 Å². The number of hydrogen-bond donors (Lipinski definition) is 1. The molecular formula is C20H24N3OS3+. The Balaban J connectivity index is 1.83. The van der Waals surface area contributed by atoms with E-state index in [1.807, 2.05) is 35.2 Å². The van der Waals surface area contributed by atoms with E-state index >= 15 is 0 Å². The average Bonchev–Trinajstić information content (AvgIpc) is 3.11. The molecule has 0 aliphatic carbocycles. The lowest BCUT2D eigenvalue weighted by atomic mass is 10.3. The van der Waals surface area contributed by atoms with Crippen LogP contribution in [0.5, 0.6) is 0 Å². The standard InChI is InChI=1S/C20H23N3OS3/c1-22(2)12-13-23(18(24)14-26-15-8-5-4-6-9-15)20-21-19-16(25-3)10-7-11-17(19)27-20/h4-11H,12-14H2,1-3H3/p+1. The van der Waals surface area contributed by atoms with Crippen LogP contribution >= 0.6 is 34.9 Å². The summed E-state index contributed by atoms with van der Waals surface area (Å²) in [6, 6.07) is 16.3. The summed E-state index contributed by atoms with van der Waals surface area (Å²) in [5.74, 6) is 0.521. The van der Waals surface area contributed by atoms with Crippen molar-refractivity contribution in [3.63, 3.8) is 0 Å². The highest BCUT2D eigenvalue weighted by Gasteiger charge is 2.21. The van der Waals surface area contributed by atoms with Crippen LogP contribution in [0.15, 0.2) is 58.3 Å². The molecule has 142 valence electrons. The topological polar surface area (TPSA) is 37.6 Å². The predicted octanol–water partition coefficient (Wildman–Crippen LogP) is 3.29. The van der Waals surface area contributed by atoms with E-state index in [1.54, 1.807) is 34.9 Å². The van der Waals surface area contributed by atoms with Gasteiger partial charge in [-0.15, -0.1) is 23.5 Å². The second kappa shape index (κ2) is 9.59.